The van der Waals surface area contributed by atoms with Gasteiger partial charge in [0.1, 0.15) is 0 Å². The summed E-state index contributed by atoms with van der Waals surface area (Å²) in [6.45, 7) is 3.97. The van der Waals surface area contributed by atoms with Crippen molar-refractivity contribution >= 4 is 21.7 Å². The van der Waals surface area contributed by atoms with Crippen molar-refractivity contribution in [1.82, 2.24) is 9.80 Å². The summed E-state index contributed by atoms with van der Waals surface area (Å²) in [7, 11) is -1.61. The Morgan fingerprint density at radius 2 is 1.82 bits per heavy atom. The molecule has 1 aliphatic rings. The SMILES string of the molecule is C[C@H]([C@H](C)S(C)(=O)=O)N(C)C(=O)CN1CCCCCCC1=O. The largest absolute Gasteiger partial charge is 0.340 e. The van der Waals surface area contributed by atoms with Crippen LogP contribution >= 0.6 is 0 Å². The normalized spacial score (nSPS) is 20.0. The molecule has 2 atom stereocenters. The first-order valence-electron chi connectivity index (χ1n) is 7.87. The Morgan fingerprint density at radius 1 is 1.23 bits per heavy atom. The third-order valence-corrected chi connectivity index (χ3v) is 6.35. The van der Waals surface area contributed by atoms with E-state index in [2.05, 4.69) is 0 Å². The molecule has 0 unspecified atom stereocenters. The van der Waals surface area contributed by atoms with E-state index in [4.69, 9.17) is 0 Å². The fraction of sp³-hybridized carbons (Fsp3) is 0.867. The molecule has 0 N–H and O–H groups in total. The lowest BCUT2D eigenvalue weighted by Gasteiger charge is -2.32. The number of nitrogens with zero attached hydrogens (tertiary/aromatic N) is 2. The van der Waals surface area contributed by atoms with Gasteiger partial charge in [-0.25, -0.2) is 8.42 Å². The van der Waals surface area contributed by atoms with Crippen molar-refractivity contribution in [2.75, 3.05) is 26.4 Å². The van der Waals surface area contributed by atoms with E-state index in [-0.39, 0.29) is 18.4 Å². The summed E-state index contributed by atoms with van der Waals surface area (Å²) in [5.74, 6) is -0.192. The van der Waals surface area contributed by atoms with E-state index in [1.54, 1.807) is 25.8 Å². The highest BCUT2D eigenvalue weighted by Gasteiger charge is 2.29. The molecule has 128 valence electrons. The number of sulfone groups is 1. The Labute approximate surface area is 133 Å². The first kappa shape index (κ1) is 18.9. The van der Waals surface area contributed by atoms with Crippen LogP contribution in [0.1, 0.15) is 46.0 Å². The Hall–Kier alpha value is -1.11. The zero-order chi connectivity index (χ0) is 16.9. The molecule has 0 aromatic heterocycles. The lowest BCUT2D eigenvalue weighted by molar-refractivity contribution is -0.141. The zero-order valence-electron chi connectivity index (χ0n) is 14.0. The molecule has 0 saturated carbocycles. The van der Waals surface area contributed by atoms with Crippen molar-refractivity contribution in [2.45, 2.75) is 57.2 Å². The second-order valence-corrected chi connectivity index (χ2v) is 8.66. The first-order valence-corrected chi connectivity index (χ1v) is 9.82. The van der Waals surface area contributed by atoms with Crippen LogP contribution in [0.4, 0.5) is 0 Å². The number of carbonyl (C=O) groups excluding carboxylic acids is 2. The van der Waals surface area contributed by atoms with Crippen molar-refractivity contribution in [2.24, 2.45) is 0 Å². The lowest BCUT2D eigenvalue weighted by atomic mass is 10.1. The van der Waals surface area contributed by atoms with Crippen molar-refractivity contribution < 1.29 is 18.0 Å². The molecule has 0 aromatic rings. The molecule has 1 heterocycles. The predicted octanol–water partition coefficient (Wildman–Crippen LogP) is 1.06. The van der Waals surface area contributed by atoms with E-state index in [1.165, 1.54) is 11.2 Å². The van der Waals surface area contributed by atoms with Gasteiger partial charge in [0, 0.05) is 32.3 Å². The third-order valence-electron chi connectivity index (χ3n) is 4.61. The van der Waals surface area contributed by atoms with Crippen LogP contribution in [-0.2, 0) is 19.4 Å². The summed E-state index contributed by atoms with van der Waals surface area (Å²) < 4.78 is 23.2. The predicted molar refractivity (Wildman–Crippen MR) is 86.2 cm³/mol. The van der Waals surface area contributed by atoms with Gasteiger partial charge in [-0.05, 0) is 26.7 Å². The monoisotopic (exact) mass is 332 g/mol. The third kappa shape index (κ3) is 5.26. The summed E-state index contributed by atoms with van der Waals surface area (Å²) in [6.07, 6.45) is 5.60. The maximum atomic E-state index is 12.4. The molecule has 1 rings (SSSR count). The minimum atomic E-state index is -3.21. The summed E-state index contributed by atoms with van der Waals surface area (Å²) >= 11 is 0. The summed E-state index contributed by atoms with van der Waals surface area (Å²) in [5, 5.41) is -0.635. The molecule has 1 fully saturated rings. The van der Waals surface area contributed by atoms with Gasteiger partial charge in [0.2, 0.25) is 11.8 Å². The number of rotatable bonds is 5. The van der Waals surface area contributed by atoms with Crippen molar-refractivity contribution in [3.05, 3.63) is 0 Å². The summed E-state index contributed by atoms with van der Waals surface area (Å²) in [6, 6.07) is -0.424. The van der Waals surface area contributed by atoms with Gasteiger partial charge in [0.05, 0.1) is 11.8 Å². The van der Waals surface area contributed by atoms with Gasteiger partial charge in [-0.1, -0.05) is 12.8 Å². The van der Waals surface area contributed by atoms with Crippen molar-refractivity contribution in [3.63, 3.8) is 0 Å². The molecule has 22 heavy (non-hydrogen) atoms. The zero-order valence-corrected chi connectivity index (χ0v) is 14.9. The minimum Gasteiger partial charge on any atom is -0.340 e. The van der Waals surface area contributed by atoms with Gasteiger partial charge in [-0.2, -0.15) is 0 Å². The maximum Gasteiger partial charge on any atom is 0.242 e. The first-order chi connectivity index (χ1) is 10.1. The Balaban J connectivity index is 2.67. The molecule has 6 nitrogen and oxygen atoms in total. The quantitative estimate of drug-likeness (QED) is 0.754. The summed E-state index contributed by atoms with van der Waals surface area (Å²) in [4.78, 5) is 27.5. The number of carbonyl (C=O) groups is 2. The van der Waals surface area contributed by atoms with Crippen LogP contribution < -0.4 is 0 Å². The van der Waals surface area contributed by atoms with Crippen LogP contribution in [0.25, 0.3) is 0 Å². The molecule has 1 aliphatic heterocycles. The average molecular weight is 332 g/mol. The van der Waals surface area contributed by atoms with E-state index in [1.807, 2.05) is 0 Å². The average Bonchev–Trinajstić information content (AvgIpc) is 2.43. The van der Waals surface area contributed by atoms with Gasteiger partial charge in [-0.15, -0.1) is 0 Å². The highest BCUT2D eigenvalue weighted by molar-refractivity contribution is 7.91. The highest BCUT2D eigenvalue weighted by Crippen LogP contribution is 2.14. The number of hydrogen-bond acceptors (Lipinski definition) is 4. The Bertz CT molecular complexity index is 504. The van der Waals surface area contributed by atoms with Crippen LogP contribution in [0, 0.1) is 0 Å². The minimum absolute atomic E-state index is 0.0188. The van der Waals surface area contributed by atoms with Crippen molar-refractivity contribution in [3.8, 4) is 0 Å². The second-order valence-electron chi connectivity index (χ2n) is 6.26. The molecule has 0 bridgehead atoms. The Kier molecular flexibility index (Phi) is 6.84. The molecule has 0 aromatic carbocycles. The standard InChI is InChI=1S/C15H28N2O4S/c1-12(13(2)22(4,20)21)16(3)15(19)11-17-10-8-6-5-7-9-14(17)18/h12-13H,5-11H2,1-4H3/t12-,13+/m1/s1. The fourth-order valence-electron chi connectivity index (χ4n) is 2.56. The molecule has 7 heteroatoms. The van der Waals surface area contributed by atoms with Gasteiger partial charge < -0.3 is 9.80 Å². The lowest BCUT2D eigenvalue weighted by Crippen LogP contribution is -2.49. The molecular formula is C15H28N2O4S. The van der Waals surface area contributed by atoms with Gasteiger partial charge >= 0.3 is 0 Å². The molecule has 0 aliphatic carbocycles. The van der Waals surface area contributed by atoms with Crippen LogP contribution in [0.15, 0.2) is 0 Å². The molecule has 2 amide bonds. The maximum absolute atomic E-state index is 12.4. The van der Waals surface area contributed by atoms with E-state index < -0.39 is 21.1 Å². The molecular weight excluding hydrogens is 304 g/mol. The van der Waals surface area contributed by atoms with Gasteiger partial charge in [-0.3, -0.25) is 9.59 Å². The molecule has 1 saturated heterocycles. The van der Waals surface area contributed by atoms with Crippen LogP contribution in [0.5, 0.6) is 0 Å². The number of likely N-dealkylation sites (tertiary alicyclic amines) is 1. The number of amides is 2. The number of hydrogen-bond donors (Lipinski definition) is 0. The van der Waals surface area contributed by atoms with E-state index in [9.17, 15) is 18.0 Å². The van der Waals surface area contributed by atoms with Crippen molar-refractivity contribution in [1.29, 1.82) is 0 Å². The Morgan fingerprint density at radius 3 is 2.41 bits per heavy atom. The van der Waals surface area contributed by atoms with Crippen LogP contribution in [-0.4, -0.2) is 67.7 Å². The summed E-state index contributed by atoms with van der Waals surface area (Å²) in [5.41, 5.74) is 0. The fourth-order valence-corrected chi connectivity index (χ4v) is 3.46. The van der Waals surface area contributed by atoms with E-state index >= 15 is 0 Å². The van der Waals surface area contributed by atoms with E-state index in [0.717, 1.165) is 25.7 Å². The van der Waals surface area contributed by atoms with Gasteiger partial charge in [0.25, 0.3) is 0 Å². The van der Waals surface area contributed by atoms with E-state index in [0.29, 0.717) is 13.0 Å². The second kappa shape index (κ2) is 7.94. The molecule has 0 radical (unpaired) electrons. The number of likely N-dealkylation sites (N-methyl/N-ethyl adjacent to an activating group) is 1. The molecule has 0 spiro atoms. The highest BCUT2D eigenvalue weighted by atomic mass is 32.2. The van der Waals surface area contributed by atoms with Gasteiger partial charge in [0.15, 0.2) is 9.84 Å². The van der Waals surface area contributed by atoms with Crippen LogP contribution in [0.2, 0.25) is 0 Å². The smallest absolute Gasteiger partial charge is 0.242 e. The van der Waals surface area contributed by atoms with Crippen LogP contribution in [0.3, 0.4) is 0 Å². The topological polar surface area (TPSA) is 74.8 Å².